The van der Waals surface area contributed by atoms with E-state index in [0.29, 0.717) is 22.3 Å². The van der Waals surface area contributed by atoms with Gasteiger partial charge in [-0.05, 0) is 58.8 Å². The summed E-state index contributed by atoms with van der Waals surface area (Å²) >= 11 is 3.32. The largest absolute Gasteiger partial charge is 0.506 e. The molecule has 0 radical (unpaired) electrons. The highest BCUT2D eigenvalue weighted by molar-refractivity contribution is 9.10. The molecular weight excluding hydrogens is 370 g/mol. The lowest BCUT2D eigenvalue weighted by atomic mass is 10.1. The Morgan fingerprint density at radius 3 is 2.75 bits per heavy atom. The van der Waals surface area contributed by atoms with E-state index in [1.165, 1.54) is 0 Å². The van der Waals surface area contributed by atoms with Gasteiger partial charge in [0, 0.05) is 5.39 Å². The lowest BCUT2D eigenvalue weighted by Crippen LogP contribution is -1.92. The molecule has 0 spiro atoms. The van der Waals surface area contributed by atoms with Crippen molar-refractivity contribution in [1.29, 1.82) is 0 Å². The van der Waals surface area contributed by atoms with E-state index in [-0.39, 0.29) is 11.5 Å². The van der Waals surface area contributed by atoms with E-state index in [1.807, 2.05) is 37.3 Å². The first-order chi connectivity index (χ1) is 11.6. The number of benzene rings is 2. The molecule has 2 N–H and O–H groups in total. The smallest absolute Gasteiger partial charge is 0.172 e. The molecule has 1 aromatic heterocycles. The lowest BCUT2D eigenvalue weighted by Gasteiger charge is -2.08. The van der Waals surface area contributed by atoms with E-state index in [9.17, 15) is 10.2 Å². The summed E-state index contributed by atoms with van der Waals surface area (Å²) in [4.78, 5) is 4.46. The highest BCUT2D eigenvalue weighted by atomic mass is 79.9. The van der Waals surface area contributed by atoms with E-state index < -0.39 is 0 Å². The van der Waals surface area contributed by atoms with Gasteiger partial charge in [-0.3, -0.25) is 0 Å². The third-order valence-electron chi connectivity index (χ3n) is 3.52. The lowest BCUT2D eigenvalue weighted by molar-refractivity contribution is 0.317. The van der Waals surface area contributed by atoms with Gasteiger partial charge in [-0.25, -0.2) is 4.98 Å². The van der Waals surface area contributed by atoms with Crippen molar-refractivity contribution in [3.05, 3.63) is 58.2 Å². The number of pyridine rings is 1. The number of phenols is 2. The van der Waals surface area contributed by atoms with Crippen LogP contribution >= 0.6 is 15.9 Å². The highest BCUT2D eigenvalue weighted by Gasteiger charge is 2.08. The van der Waals surface area contributed by atoms with Crippen LogP contribution in [-0.2, 0) is 0 Å². The normalized spacial score (nSPS) is 11.2. The van der Waals surface area contributed by atoms with E-state index in [0.717, 1.165) is 16.6 Å². The Morgan fingerprint density at radius 1 is 1.12 bits per heavy atom. The molecule has 5 heteroatoms. The van der Waals surface area contributed by atoms with Crippen molar-refractivity contribution in [2.24, 2.45) is 0 Å². The van der Waals surface area contributed by atoms with E-state index >= 15 is 0 Å². The summed E-state index contributed by atoms with van der Waals surface area (Å²) in [7, 11) is 0. The first kappa shape index (κ1) is 16.3. The first-order valence-corrected chi connectivity index (χ1v) is 8.30. The van der Waals surface area contributed by atoms with Crippen LogP contribution in [0.15, 0.2) is 46.9 Å². The molecule has 3 rings (SSSR count). The molecule has 0 fully saturated rings. The van der Waals surface area contributed by atoms with Crippen LogP contribution in [0, 0.1) is 0 Å². The minimum atomic E-state index is 0.0859. The van der Waals surface area contributed by atoms with Crippen molar-refractivity contribution < 1.29 is 14.9 Å². The number of halogens is 1. The number of hydrogen-bond acceptors (Lipinski definition) is 4. The Kier molecular flexibility index (Phi) is 4.71. The van der Waals surface area contributed by atoms with Gasteiger partial charge < -0.3 is 14.9 Å². The van der Waals surface area contributed by atoms with Crippen LogP contribution in [0.4, 0.5) is 0 Å². The first-order valence-electron chi connectivity index (χ1n) is 7.50. The average molecular weight is 386 g/mol. The zero-order valence-corrected chi connectivity index (χ0v) is 14.6. The summed E-state index contributed by atoms with van der Waals surface area (Å²) in [6.07, 6.45) is 3.72. The SMILES string of the molecule is CCOc1cc(C=Cc2ccc3cccc(O)c3n2)cc(Br)c1O. The maximum absolute atomic E-state index is 9.95. The Morgan fingerprint density at radius 2 is 1.96 bits per heavy atom. The zero-order valence-electron chi connectivity index (χ0n) is 13.0. The fourth-order valence-electron chi connectivity index (χ4n) is 2.38. The Labute approximate surface area is 148 Å². The molecule has 1 heterocycles. The molecule has 0 aliphatic carbocycles. The molecule has 0 aliphatic rings. The van der Waals surface area contributed by atoms with Crippen LogP contribution < -0.4 is 4.74 Å². The van der Waals surface area contributed by atoms with E-state index in [1.54, 1.807) is 24.3 Å². The predicted octanol–water partition coefficient (Wildman–Crippen LogP) is 4.98. The summed E-state index contributed by atoms with van der Waals surface area (Å²) in [5.41, 5.74) is 2.16. The number of hydrogen-bond donors (Lipinski definition) is 2. The van der Waals surface area contributed by atoms with Gasteiger partial charge >= 0.3 is 0 Å². The number of ether oxygens (including phenoxy) is 1. The summed E-state index contributed by atoms with van der Waals surface area (Å²) < 4.78 is 5.99. The number of rotatable bonds is 4. The minimum absolute atomic E-state index is 0.0859. The molecule has 0 amide bonds. The number of phenolic OH excluding ortho intramolecular Hbond substituents is 2. The highest BCUT2D eigenvalue weighted by Crippen LogP contribution is 2.36. The predicted molar refractivity (Wildman–Crippen MR) is 99.3 cm³/mol. The Hall–Kier alpha value is -2.53. The molecule has 2 aromatic carbocycles. The molecule has 0 saturated carbocycles. The van der Waals surface area contributed by atoms with Crippen molar-refractivity contribution in [3.8, 4) is 17.2 Å². The van der Waals surface area contributed by atoms with Crippen LogP contribution in [0.1, 0.15) is 18.2 Å². The van der Waals surface area contributed by atoms with Crippen LogP contribution in [0.2, 0.25) is 0 Å². The van der Waals surface area contributed by atoms with E-state index in [4.69, 9.17) is 4.74 Å². The zero-order chi connectivity index (χ0) is 17.1. The van der Waals surface area contributed by atoms with E-state index in [2.05, 4.69) is 20.9 Å². The fourth-order valence-corrected chi connectivity index (χ4v) is 2.84. The van der Waals surface area contributed by atoms with Gasteiger partial charge in [-0.15, -0.1) is 0 Å². The monoisotopic (exact) mass is 385 g/mol. The third kappa shape index (κ3) is 3.36. The van der Waals surface area contributed by atoms with Gasteiger partial charge in [0.25, 0.3) is 0 Å². The van der Waals surface area contributed by atoms with Crippen molar-refractivity contribution in [3.63, 3.8) is 0 Å². The van der Waals surface area contributed by atoms with Gasteiger partial charge in [0.2, 0.25) is 0 Å². The van der Waals surface area contributed by atoms with Gasteiger partial charge in [0.05, 0.1) is 16.8 Å². The number of nitrogens with zero attached hydrogens (tertiary/aromatic N) is 1. The van der Waals surface area contributed by atoms with Gasteiger partial charge in [0.1, 0.15) is 11.3 Å². The molecule has 0 bridgehead atoms. The van der Waals surface area contributed by atoms with Crippen LogP contribution in [0.3, 0.4) is 0 Å². The van der Waals surface area contributed by atoms with Gasteiger partial charge in [-0.2, -0.15) is 0 Å². The maximum Gasteiger partial charge on any atom is 0.172 e. The summed E-state index contributed by atoms with van der Waals surface area (Å²) in [6.45, 7) is 2.33. The summed E-state index contributed by atoms with van der Waals surface area (Å²) in [5.74, 6) is 0.673. The number of aromatic hydroxyl groups is 2. The topological polar surface area (TPSA) is 62.6 Å². The third-order valence-corrected chi connectivity index (χ3v) is 4.12. The van der Waals surface area contributed by atoms with Crippen LogP contribution in [0.5, 0.6) is 17.2 Å². The Bertz CT molecular complexity index is 922. The second-order valence-corrected chi connectivity index (χ2v) is 6.06. The molecule has 0 unspecified atom stereocenters. The van der Waals surface area contributed by atoms with Crippen molar-refractivity contribution in [1.82, 2.24) is 4.98 Å². The molecule has 0 aliphatic heterocycles. The molecule has 122 valence electrons. The molecule has 3 aromatic rings. The minimum Gasteiger partial charge on any atom is -0.506 e. The second-order valence-electron chi connectivity index (χ2n) is 5.20. The van der Waals surface area contributed by atoms with Crippen LogP contribution in [-0.4, -0.2) is 21.8 Å². The molecular formula is C19H16BrNO3. The molecule has 0 atom stereocenters. The number of aromatic nitrogens is 1. The maximum atomic E-state index is 9.95. The van der Waals surface area contributed by atoms with Crippen molar-refractivity contribution in [2.45, 2.75) is 6.92 Å². The number of para-hydroxylation sites is 1. The number of fused-ring (bicyclic) bond motifs is 1. The fraction of sp³-hybridized carbons (Fsp3) is 0.105. The molecule has 4 nitrogen and oxygen atoms in total. The summed E-state index contributed by atoms with van der Waals surface area (Å²) in [6, 6.07) is 12.7. The molecule has 24 heavy (non-hydrogen) atoms. The Balaban J connectivity index is 1.95. The quantitative estimate of drug-likeness (QED) is 0.664. The van der Waals surface area contributed by atoms with Gasteiger partial charge in [-0.1, -0.05) is 24.3 Å². The van der Waals surface area contributed by atoms with Gasteiger partial charge in [0.15, 0.2) is 11.5 Å². The second kappa shape index (κ2) is 6.93. The van der Waals surface area contributed by atoms with Crippen molar-refractivity contribution >= 4 is 39.0 Å². The van der Waals surface area contributed by atoms with Crippen molar-refractivity contribution in [2.75, 3.05) is 6.61 Å². The average Bonchev–Trinajstić information content (AvgIpc) is 2.58. The standard InChI is InChI=1S/C19H16BrNO3/c1-2-24-17-11-12(10-15(20)19(17)23)6-8-14-9-7-13-4-3-5-16(22)18(13)21-14/h3-11,22-23H,2H2,1H3. The molecule has 0 saturated heterocycles. The summed E-state index contributed by atoms with van der Waals surface area (Å²) in [5, 5.41) is 20.7. The van der Waals surface area contributed by atoms with Crippen LogP contribution in [0.25, 0.3) is 23.1 Å².